The Morgan fingerprint density at radius 1 is 0.929 bits per heavy atom. The Labute approximate surface area is 170 Å². The van der Waals surface area contributed by atoms with Gasteiger partial charge in [0.2, 0.25) is 0 Å². The number of rotatable bonds is 7. The lowest BCUT2D eigenvalue weighted by molar-refractivity contribution is 0.284. The number of halogens is 1. The molecule has 28 heavy (non-hydrogen) atoms. The zero-order valence-electron chi connectivity index (χ0n) is 16.2. The van der Waals surface area contributed by atoms with E-state index in [0.717, 1.165) is 16.8 Å². The minimum atomic E-state index is 0.440. The second-order valence-electron chi connectivity index (χ2n) is 6.49. The Bertz CT molecular complexity index is 969. The maximum Gasteiger partial charge on any atom is 0.161 e. The number of benzene rings is 3. The van der Waals surface area contributed by atoms with Gasteiger partial charge in [-0.2, -0.15) is 5.10 Å². The Balaban J connectivity index is 1.64. The zero-order valence-corrected chi connectivity index (χ0v) is 17.0. The van der Waals surface area contributed by atoms with Crippen LogP contribution in [0.25, 0.3) is 0 Å². The lowest BCUT2D eigenvalue weighted by Crippen LogP contribution is -1.98. The molecule has 0 amide bonds. The van der Waals surface area contributed by atoms with Crippen molar-refractivity contribution in [1.29, 1.82) is 0 Å². The highest BCUT2D eigenvalue weighted by Gasteiger charge is 2.06. The molecule has 0 aromatic heterocycles. The molecule has 0 radical (unpaired) electrons. The molecule has 0 aliphatic carbocycles. The first-order valence-corrected chi connectivity index (χ1v) is 9.34. The average Bonchev–Trinajstić information content (AvgIpc) is 2.70. The molecule has 5 heteroatoms. The van der Waals surface area contributed by atoms with E-state index in [-0.39, 0.29) is 0 Å². The number of anilines is 1. The number of nitrogens with zero attached hydrogens (tertiary/aromatic N) is 1. The van der Waals surface area contributed by atoms with Crippen LogP contribution in [0.4, 0.5) is 5.69 Å². The first-order valence-electron chi connectivity index (χ1n) is 8.97. The third kappa shape index (κ3) is 5.27. The second-order valence-corrected chi connectivity index (χ2v) is 6.93. The van der Waals surface area contributed by atoms with E-state index in [4.69, 9.17) is 21.1 Å². The summed E-state index contributed by atoms with van der Waals surface area (Å²) >= 11 is 5.91. The van der Waals surface area contributed by atoms with Gasteiger partial charge in [0.25, 0.3) is 0 Å². The van der Waals surface area contributed by atoms with Gasteiger partial charge in [-0.05, 0) is 78.6 Å². The molecule has 0 unspecified atom stereocenters. The summed E-state index contributed by atoms with van der Waals surface area (Å²) in [6.45, 7) is 4.61. The fraction of sp³-hybridized carbons (Fsp3) is 0.174. The van der Waals surface area contributed by atoms with E-state index in [9.17, 15) is 0 Å². The van der Waals surface area contributed by atoms with Crippen LogP contribution in [0.5, 0.6) is 11.5 Å². The maximum atomic E-state index is 5.91. The van der Waals surface area contributed by atoms with Crippen molar-refractivity contribution in [3.8, 4) is 11.5 Å². The van der Waals surface area contributed by atoms with Gasteiger partial charge in [-0.25, -0.2) is 0 Å². The van der Waals surface area contributed by atoms with Gasteiger partial charge in [0.1, 0.15) is 6.61 Å². The van der Waals surface area contributed by atoms with Crippen LogP contribution in [-0.2, 0) is 6.61 Å². The van der Waals surface area contributed by atoms with Gasteiger partial charge in [0, 0.05) is 5.02 Å². The summed E-state index contributed by atoms with van der Waals surface area (Å²) < 4.78 is 11.3. The number of hydrazone groups is 1. The average molecular weight is 395 g/mol. The fourth-order valence-electron chi connectivity index (χ4n) is 2.62. The van der Waals surface area contributed by atoms with Crippen molar-refractivity contribution < 1.29 is 9.47 Å². The van der Waals surface area contributed by atoms with Gasteiger partial charge in [-0.1, -0.05) is 29.8 Å². The maximum absolute atomic E-state index is 5.91. The van der Waals surface area contributed by atoms with Crippen LogP contribution in [0, 0.1) is 13.8 Å². The van der Waals surface area contributed by atoms with Gasteiger partial charge in [-0.3, -0.25) is 5.43 Å². The highest BCUT2D eigenvalue weighted by Crippen LogP contribution is 2.28. The molecule has 0 atom stereocenters. The lowest BCUT2D eigenvalue weighted by Gasteiger charge is -2.11. The Hall–Kier alpha value is -2.98. The molecule has 144 valence electrons. The van der Waals surface area contributed by atoms with Crippen LogP contribution in [0.1, 0.15) is 22.3 Å². The molecule has 0 spiro atoms. The number of hydrogen-bond donors (Lipinski definition) is 1. The molecule has 3 aromatic carbocycles. The molecule has 0 aliphatic rings. The largest absolute Gasteiger partial charge is 0.493 e. The SMILES string of the molecule is COc1cc(C=NNc2ccc(C)c(C)c2)ccc1OCc1ccc(Cl)cc1. The summed E-state index contributed by atoms with van der Waals surface area (Å²) in [5.74, 6) is 1.33. The summed E-state index contributed by atoms with van der Waals surface area (Å²) in [5, 5.41) is 5.01. The standard InChI is InChI=1S/C23H23ClN2O2/c1-16-4-10-21(12-17(16)2)26-25-14-19-7-11-22(23(13-19)27-3)28-15-18-5-8-20(24)9-6-18/h4-14,26H,15H2,1-3H3. The molecule has 3 aromatic rings. The number of aryl methyl sites for hydroxylation is 2. The third-order valence-electron chi connectivity index (χ3n) is 4.41. The van der Waals surface area contributed by atoms with Crippen LogP contribution in [0.15, 0.2) is 65.8 Å². The normalized spacial score (nSPS) is 10.9. The van der Waals surface area contributed by atoms with Crippen molar-refractivity contribution in [2.24, 2.45) is 5.10 Å². The van der Waals surface area contributed by atoms with E-state index in [0.29, 0.717) is 23.1 Å². The molecule has 0 saturated heterocycles. The van der Waals surface area contributed by atoms with E-state index in [1.54, 1.807) is 13.3 Å². The number of nitrogens with one attached hydrogen (secondary N) is 1. The van der Waals surface area contributed by atoms with E-state index < -0.39 is 0 Å². The van der Waals surface area contributed by atoms with E-state index in [1.165, 1.54) is 11.1 Å². The lowest BCUT2D eigenvalue weighted by atomic mass is 10.1. The van der Waals surface area contributed by atoms with Crippen LogP contribution in [0.3, 0.4) is 0 Å². The Kier molecular flexibility index (Phi) is 6.56. The van der Waals surface area contributed by atoms with Gasteiger partial charge < -0.3 is 9.47 Å². The van der Waals surface area contributed by atoms with Gasteiger partial charge in [-0.15, -0.1) is 0 Å². The van der Waals surface area contributed by atoms with Crippen molar-refractivity contribution >= 4 is 23.5 Å². The second kappa shape index (κ2) is 9.29. The topological polar surface area (TPSA) is 42.8 Å². The number of methoxy groups -OCH3 is 1. The minimum absolute atomic E-state index is 0.440. The Morgan fingerprint density at radius 2 is 1.71 bits per heavy atom. The predicted octanol–water partition coefficient (Wildman–Crippen LogP) is 5.99. The summed E-state index contributed by atoms with van der Waals surface area (Å²) in [7, 11) is 1.62. The first-order chi connectivity index (χ1) is 13.5. The third-order valence-corrected chi connectivity index (χ3v) is 4.66. The smallest absolute Gasteiger partial charge is 0.161 e. The van der Waals surface area contributed by atoms with Crippen LogP contribution in [-0.4, -0.2) is 13.3 Å². The quantitative estimate of drug-likeness (QED) is 0.395. The molecular weight excluding hydrogens is 372 g/mol. The van der Waals surface area contributed by atoms with Crippen LogP contribution < -0.4 is 14.9 Å². The molecule has 0 aliphatic heterocycles. The van der Waals surface area contributed by atoms with Gasteiger partial charge >= 0.3 is 0 Å². The molecule has 0 heterocycles. The first kappa shape index (κ1) is 19.8. The monoisotopic (exact) mass is 394 g/mol. The van der Waals surface area contributed by atoms with Crippen molar-refractivity contribution in [3.05, 3.63) is 87.9 Å². The van der Waals surface area contributed by atoms with Crippen LogP contribution in [0.2, 0.25) is 5.02 Å². The zero-order chi connectivity index (χ0) is 19.9. The van der Waals surface area contributed by atoms with Crippen molar-refractivity contribution in [1.82, 2.24) is 0 Å². The fourth-order valence-corrected chi connectivity index (χ4v) is 2.74. The highest BCUT2D eigenvalue weighted by molar-refractivity contribution is 6.30. The summed E-state index contributed by atoms with van der Waals surface area (Å²) in [6, 6.07) is 19.4. The molecule has 3 rings (SSSR count). The molecule has 0 bridgehead atoms. The molecule has 0 saturated carbocycles. The summed E-state index contributed by atoms with van der Waals surface area (Å²) in [4.78, 5) is 0. The summed E-state index contributed by atoms with van der Waals surface area (Å²) in [5.41, 5.74) is 8.43. The number of ether oxygens (including phenoxy) is 2. The molecule has 4 nitrogen and oxygen atoms in total. The van der Waals surface area contributed by atoms with E-state index in [2.05, 4.69) is 36.5 Å². The van der Waals surface area contributed by atoms with E-state index in [1.807, 2.05) is 48.5 Å². The van der Waals surface area contributed by atoms with Crippen molar-refractivity contribution in [2.45, 2.75) is 20.5 Å². The summed E-state index contributed by atoms with van der Waals surface area (Å²) in [6.07, 6.45) is 1.75. The minimum Gasteiger partial charge on any atom is -0.493 e. The highest BCUT2D eigenvalue weighted by atomic mass is 35.5. The molecule has 1 N–H and O–H groups in total. The number of hydrogen-bond acceptors (Lipinski definition) is 4. The molecular formula is C23H23ClN2O2. The molecule has 0 fully saturated rings. The Morgan fingerprint density at radius 3 is 2.43 bits per heavy atom. The van der Waals surface area contributed by atoms with Crippen molar-refractivity contribution in [2.75, 3.05) is 12.5 Å². The van der Waals surface area contributed by atoms with Gasteiger partial charge in [0.05, 0.1) is 19.0 Å². The predicted molar refractivity (Wildman–Crippen MR) is 116 cm³/mol. The van der Waals surface area contributed by atoms with E-state index >= 15 is 0 Å². The van der Waals surface area contributed by atoms with Crippen molar-refractivity contribution in [3.63, 3.8) is 0 Å². The van der Waals surface area contributed by atoms with Gasteiger partial charge in [0.15, 0.2) is 11.5 Å². The van der Waals surface area contributed by atoms with Crippen LogP contribution >= 0.6 is 11.6 Å².